The lowest BCUT2D eigenvalue weighted by Gasteiger charge is -1.99. The summed E-state index contributed by atoms with van der Waals surface area (Å²) in [5, 5.41) is 1.34. The first-order valence-electron chi connectivity index (χ1n) is 6.05. The maximum absolute atomic E-state index is 6.53. The normalized spacial score (nSPS) is 11.5. The van der Waals surface area contributed by atoms with Gasteiger partial charge in [0.1, 0.15) is 10.8 Å². The minimum atomic E-state index is 0.639. The molecule has 5 heteroatoms. The Morgan fingerprint density at radius 1 is 0.950 bits per heavy atom. The van der Waals surface area contributed by atoms with E-state index in [1.165, 1.54) is 4.70 Å². The van der Waals surface area contributed by atoms with Crippen molar-refractivity contribution in [3.05, 3.63) is 58.7 Å². The van der Waals surface area contributed by atoms with Gasteiger partial charge in [0.05, 0.1) is 10.2 Å². The van der Waals surface area contributed by atoms with E-state index in [-0.39, 0.29) is 0 Å². The Morgan fingerprint density at radius 2 is 1.70 bits per heavy atom. The van der Waals surface area contributed by atoms with Gasteiger partial charge in [-0.15, -0.1) is 0 Å². The first kappa shape index (κ1) is 12.2. The molecule has 2 nitrogen and oxygen atoms in total. The van der Waals surface area contributed by atoms with Gasteiger partial charge >= 0.3 is 0 Å². The summed E-state index contributed by atoms with van der Waals surface area (Å²) in [6, 6.07) is 15.7. The second kappa shape index (κ2) is 4.48. The molecule has 98 valence electrons. The number of thiazole rings is 1. The average Bonchev–Trinajstić information content (AvgIpc) is 2.97. The van der Waals surface area contributed by atoms with Crippen molar-refractivity contribution in [1.82, 2.24) is 9.38 Å². The highest BCUT2D eigenvalue weighted by Crippen LogP contribution is 2.35. The van der Waals surface area contributed by atoms with Crippen LogP contribution in [-0.4, -0.2) is 9.38 Å². The predicted molar refractivity (Wildman–Crippen MR) is 86.0 cm³/mol. The molecule has 0 N–H and O–H groups in total. The molecule has 0 amide bonds. The molecule has 2 heterocycles. The number of halogens is 2. The van der Waals surface area contributed by atoms with Crippen LogP contribution in [0.3, 0.4) is 0 Å². The number of fused-ring (bicyclic) bond motifs is 3. The van der Waals surface area contributed by atoms with Gasteiger partial charge in [0.15, 0.2) is 4.96 Å². The zero-order chi connectivity index (χ0) is 13.7. The van der Waals surface area contributed by atoms with Crippen LogP contribution in [0.25, 0.3) is 26.4 Å². The molecule has 2 aromatic heterocycles. The van der Waals surface area contributed by atoms with Gasteiger partial charge < -0.3 is 0 Å². The minimum absolute atomic E-state index is 0.639. The van der Waals surface area contributed by atoms with Crippen molar-refractivity contribution in [2.45, 2.75) is 0 Å². The first-order valence-corrected chi connectivity index (χ1v) is 7.63. The molecule has 0 saturated heterocycles. The molecule has 0 atom stereocenters. The third-order valence-corrected chi connectivity index (χ3v) is 4.84. The van der Waals surface area contributed by atoms with Crippen molar-refractivity contribution in [2.75, 3.05) is 0 Å². The molecule has 0 unspecified atom stereocenters. The quantitative estimate of drug-likeness (QED) is 0.451. The number of hydrogen-bond acceptors (Lipinski definition) is 2. The molecule has 0 fully saturated rings. The highest BCUT2D eigenvalue weighted by Gasteiger charge is 2.16. The lowest BCUT2D eigenvalue weighted by Crippen LogP contribution is -1.81. The number of nitrogens with zero attached hydrogens (tertiary/aromatic N) is 2. The monoisotopic (exact) mass is 318 g/mol. The Hall–Kier alpha value is -1.55. The molecule has 0 spiro atoms. The average molecular weight is 319 g/mol. The summed E-state index contributed by atoms with van der Waals surface area (Å²) >= 11 is 14.1. The summed E-state index contributed by atoms with van der Waals surface area (Å²) in [7, 11) is 0. The zero-order valence-electron chi connectivity index (χ0n) is 10.2. The highest BCUT2D eigenvalue weighted by atomic mass is 35.5. The summed E-state index contributed by atoms with van der Waals surface area (Å²) < 4.78 is 3.17. The van der Waals surface area contributed by atoms with Crippen molar-refractivity contribution in [3.8, 4) is 11.3 Å². The van der Waals surface area contributed by atoms with E-state index < -0.39 is 0 Å². The minimum Gasteiger partial charge on any atom is -0.273 e. The van der Waals surface area contributed by atoms with Gasteiger partial charge in [-0.2, -0.15) is 0 Å². The van der Waals surface area contributed by atoms with Crippen LogP contribution in [0, 0.1) is 0 Å². The Morgan fingerprint density at radius 3 is 2.50 bits per heavy atom. The van der Waals surface area contributed by atoms with E-state index in [1.807, 2.05) is 40.8 Å². The highest BCUT2D eigenvalue weighted by molar-refractivity contribution is 7.23. The van der Waals surface area contributed by atoms with E-state index in [4.69, 9.17) is 23.2 Å². The van der Waals surface area contributed by atoms with Gasteiger partial charge in [0.25, 0.3) is 0 Å². The largest absolute Gasteiger partial charge is 0.273 e. The van der Waals surface area contributed by atoms with E-state index in [1.54, 1.807) is 11.3 Å². The third kappa shape index (κ3) is 1.74. The summed E-state index contributed by atoms with van der Waals surface area (Å²) in [6.07, 6.45) is 0. The molecular formula is C15H8Cl2N2S. The van der Waals surface area contributed by atoms with Gasteiger partial charge in [-0.05, 0) is 24.3 Å². The van der Waals surface area contributed by atoms with Gasteiger partial charge in [-0.3, -0.25) is 4.40 Å². The Kier molecular flexibility index (Phi) is 2.74. The molecular weight excluding hydrogens is 311 g/mol. The maximum Gasteiger partial charge on any atom is 0.196 e. The zero-order valence-corrected chi connectivity index (χ0v) is 12.5. The molecule has 2 aromatic carbocycles. The summed E-state index contributed by atoms with van der Waals surface area (Å²) in [5.74, 6) is 0. The van der Waals surface area contributed by atoms with Gasteiger partial charge in [-0.25, -0.2) is 4.98 Å². The fraction of sp³-hybridized carbons (Fsp3) is 0. The number of imidazole rings is 1. The van der Waals surface area contributed by atoms with Gasteiger partial charge in [-0.1, -0.05) is 58.8 Å². The molecule has 0 saturated carbocycles. The fourth-order valence-corrected chi connectivity index (χ4v) is 3.80. The number of para-hydroxylation sites is 1. The lowest BCUT2D eigenvalue weighted by atomic mass is 10.2. The second-order valence-electron chi connectivity index (χ2n) is 4.45. The van der Waals surface area contributed by atoms with Crippen molar-refractivity contribution >= 4 is 49.7 Å². The van der Waals surface area contributed by atoms with Crippen LogP contribution in [0.4, 0.5) is 0 Å². The number of hydrogen-bond donors (Lipinski definition) is 0. The maximum atomic E-state index is 6.53. The van der Waals surface area contributed by atoms with Crippen LogP contribution in [0.15, 0.2) is 48.5 Å². The van der Waals surface area contributed by atoms with E-state index in [0.717, 1.165) is 21.7 Å². The molecule has 0 aliphatic carbocycles. The number of aromatic nitrogens is 2. The number of benzene rings is 2. The number of rotatable bonds is 1. The summed E-state index contributed by atoms with van der Waals surface area (Å²) in [4.78, 5) is 5.56. The van der Waals surface area contributed by atoms with Gasteiger partial charge in [0.2, 0.25) is 0 Å². The molecule has 0 bridgehead atoms. The smallest absolute Gasteiger partial charge is 0.196 e. The molecule has 4 rings (SSSR count). The van der Waals surface area contributed by atoms with Crippen molar-refractivity contribution < 1.29 is 0 Å². The molecule has 20 heavy (non-hydrogen) atoms. The standard InChI is InChI=1S/C15H8Cl2N2S/c16-10-7-5-9(6-8-10)13-14(17)19-11-3-1-2-4-12(11)20-15(19)18-13/h1-8H. The van der Waals surface area contributed by atoms with Crippen LogP contribution < -0.4 is 0 Å². The van der Waals surface area contributed by atoms with E-state index >= 15 is 0 Å². The van der Waals surface area contributed by atoms with E-state index in [9.17, 15) is 0 Å². The SMILES string of the molecule is Clc1ccc(-c2nc3sc4ccccc4n3c2Cl)cc1. The van der Waals surface area contributed by atoms with Crippen LogP contribution in [0.2, 0.25) is 10.2 Å². The Labute approximate surface area is 129 Å². The van der Waals surface area contributed by atoms with Crippen molar-refractivity contribution in [1.29, 1.82) is 0 Å². The van der Waals surface area contributed by atoms with Crippen LogP contribution >= 0.6 is 34.5 Å². The fourth-order valence-electron chi connectivity index (χ4n) is 2.28. The topological polar surface area (TPSA) is 17.3 Å². The van der Waals surface area contributed by atoms with Crippen molar-refractivity contribution in [3.63, 3.8) is 0 Å². The molecule has 0 aliphatic rings. The Balaban J connectivity index is 2.02. The molecule has 0 radical (unpaired) electrons. The molecule has 0 aliphatic heterocycles. The van der Waals surface area contributed by atoms with Crippen LogP contribution in [0.5, 0.6) is 0 Å². The predicted octanol–water partition coefficient (Wildman–Crippen LogP) is 5.52. The summed E-state index contributed by atoms with van der Waals surface area (Å²) in [5.41, 5.74) is 2.85. The second-order valence-corrected chi connectivity index (χ2v) is 6.25. The summed E-state index contributed by atoms with van der Waals surface area (Å²) in [6.45, 7) is 0. The van der Waals surface area contributed by atoms with Crippen molar-refractivity contribution in [2.24, 2.45) is 0 Å². The lowest BCUT2D eigenvalue weighted by molar-refractivity contribution is 1.30. The van der Waals surface area contributed by atoms with Crippen LogP contribution in [0.1, 0.15) is 0 Å². The van der Waals surface area contributed by atoms with E-state index in [0.29, 0.717) is 10.2 Å². The van der Waals surface area contributed by atoms with Crippen LogP contribution in [-0.2, 0) is 0 Å². The molecule has 4 aromatic rings. The Bertz CT molecular complexity index is 922. The third-order valence-electron chi connectivity index (χ3n) is 3.22. The van der Waals surface area contributed by atoms with Gasteiger partial charge in [0, 0.05) is 10.6 Å². The van der Waals surface area contributed by atoms with E-state index in [2.05, 4.69) is 17.1 Å². The first-order chi connectivity index (χ1) is 9.74.